The summed E-state index contributed by atoms with van der Waals surface area (Å²) in [6.45, 7) is 0. The number of anilines is 1. The molecule has 0 bridgehead atoms. The summed E-state index contributed by atoms with van der Waals surface area (Å²) in [5.41, 5.74) is 23.0. The van der Waals surface area contributed by atoms with Gasteiger partial charge in [-0.2, -0.15) is 9.97 Å². The van der Waals surface area contributed by atoms with Crippen LogP contribution in [0.5, 0.6) is 0 Å². The number of aromatic nitrogens is 7. The fourth-order valence-electron chi connectivity index (χ4n) is 10.1. The summed E-state index contributed by atoms with van der Waals surface area (Å²) in [6.07, 6.45) is 0.590. The standard InChI is InChI=1S/C67H46N8/c68-60-57(54-35-15-13-29-51(54)43-52-30-14-16-36-55(52)66-71-62(45-23-7-2-8-24-45)69-63(72-66)46-25-9-3-10-26-46)39-40-58-56-37-17-18-38-59(56)75(61(58)60)67-73-64(47-27-11-4-12-28-47)70-65(74-67)53-34-20-33-50(42-53)49-32-19-31-48(41-49)44-21-5-1-6-22-44/h1-42H,43,68H2. The van der Waals surface area contributed by atoms with Crippen LogP contribution in [-0.4, -0.2) is 34.5 Å². The van der Waals surface area contributed by atoms with Gasteiger partial charge in [0.05, 0.1) is 16.7 Å². The van der Waals surface area contributed by atoms with Gasteiger partial charge in [0.1, 0.15) is 0 Å². The van der Waals surface area contributed by atoms with Crippen molar-refractivity contribution in [2.24, 2.45) is 0 Å². The van der Waals surface area contributed by atoms with E-state index in [-0.39, 0.29) is 0 Å². The van der Waals surface area contributed by atoms with Gasteiger partial charge in [-0.1, -0.05) is 237 Å². The minimum absolute atomic E-state index is 0.467. The number of nitrogen functional groups attached to an aromatic ring is 1. The number of rotatable bonds is 11. The predicted octanol–water partition coefficient (Wildman–Crippen LogP) is 15.7. The van der Waals surface area contributed by atoms with E-state index in [1.54, 1.807) is 0 Å². The molecule has 0 spiro atoms. The minimum Gasteiger partial charge on any atom is -0.397 e. The van der Waals surface area contributed by atoms with Crippen LogP contribution < -0.4 is 5.73 Å². The quantitative estimate of drug-likeness (QED) is 0.129. The molecule has 13 rings (SSSR count). The fraction of sp³-hybridized carbons (Fsp3) is 0.0149. The number of nitrogens with zero attached hydrogens (tertiary/aromatic N) is 7. The summed E-state index contributed by atoms with van der Waals surface area (Å²) < 4.78 is 2.11. The van der Waals surface area contributed by atoms with Gasteiger partial charge in [-0.05, 0) is 63.6 Å². The maximum absolute atomic E-state index is 7.60. The highest BCUT2D eigenvalue weighted by molar-refractivity contribution is 6.15. The molecule has 0 atom stereocenters. The molecule has 0 aliphatic heterocycles. The average molecular weight is 963 g/mol. The second kappa shape index (κ2) is 19.4. The van der Waals surface area contributed by atoms with Crippen LogP contribution in [0.15, 0.2) is 255 Å². The average Bonchev–Trinajstić information content (AvgIpc) is 3.84. The van der Waals surface area contributed by atoms with Crippen molar-refractivity contribution >= 4 is 27.5 Å². The molecule has 0 aliphatic carbocycles. The van der Waals surface area contributed by atoms with Crippen LogP contribution in [0.25, 0.3) is 118 Å². The smallest absolute Gasteiger partial charge is 0.238 e. The Balaban J connectivity index is 0.938. The first-order valence-electron chi connectivity index (χ1n) is 25.0. The highest BCUT2D eigenvalue weighted by Crippen LogP contribution is 2.42. The second-order valence-corrected chi connectivity index (χ2v) is 18.5. The SMILES string of the molecule is Nc1c(-c2ccccc2Cc2ccccc2-c2nc(-c3ccccc3)nc(-c3ccccc3)n2)ccc2c3ccccc3n(-c3nc(-c4ccccc4)nc(-c4cccc(-c5cccc(-c6ccccc6)c5)c4)n3)c12. The highest BCUT2D eigenvalue weighted by atomic mass is 15.2. The van der Waals surface area contributed by atoms with Crippen molar-refractivity contribution in [1.29, 1.82) is 0 Å². The zero-order valence-corrected chi connectivity index (χ0v) is 40.7. The zero-order chi connectivity index (χ0) is 50.1. The van der Waals surface area contributed by atoms with Gasteiger partial charge in [0, 0.05) is 44.2 Å². The van der Waals surface area contributed by atoms with Gasteiger partial charge in [0.25, 0.3) is 0 Å². The Hall–Kier alpha value is -10.2. The number of benzene rings is 10. The first-order valence-corrected chi connectivity index (χ1v) is 25.0. The Morgan fingerprint density at radius 1 is 0.293 bits per heavy atom. The van der Waals surface area contributed by atoms with Gasteiger partial charge < -0.3 is 5.73 Å². The van der Waals surface area contributed by atoms with Crippen molar-refractivity contribution in [2.45, 2.75) is 6.42 Å². The van der Waals surface area contributed by atoms with Crippen LogP contribution in [0.4, 0.5) is 5.69 Å². The molecular formula is C67H46N8. The summed E-state index contributed by atoms with van der Waals surface area (Å²) in [6, 6.07) is 87.3. The third kappa shape index (κ3) is 8.66. The summed E-state index contributed by atoms with van der Waals surface area (Å²) in [7, 11) is 0. The summed E-state index contributed by atoms with van der Waals surface area (Å²) in [4.78, 5) is 31.0. The molecule has 354 valence electrons. The normalized spacial score (nSPS) is 11.3. The van der Waals surface area contributed by atoms with Gasteiger partial charge in [0.15, 0.2) is 29.1 Å². The van der Waals surface area contributed by atoms with Gasteiger partial charge in [-0.3, -0.25) is 4.57 Å². The van der Waals surface area contributed by atoms with Crippen molar-refractivity contribution < 1.29 is 0 Å². The molecule has 0 fully saturated rings. The molecule has 0 aliphatic rings. The minimum atomic E-state index is 0.467. The van der Waals surface area contributed by atoms with Crippen molar-refractivity contribution in [2.75, 3.05) is 5.73 Å². The lowest BCUT2D eigenvalue weighted by Gasteiger charge is -2.16. The molecule has 75 heavy (non-hydrogen) atoms. The van der Waals surface area contributed by atoms with Gasteiger partial charge in [0.2, 0.25) is 5.95 Å². The first kappa shape index (κ1) is 44.7. The second-order valence-electron chi connectivity index (χ2n) is 18.5. The van der Waals surface area contributed by atoms with Gasteiger partial charge in [-0.25, -0.2) is 19.9 Å². The topological polar surface area (TPSA) is 108 Å². The molecular weight excluding hydrogens is 917 g/mol. The zero-order valence-electron chi connectivity index (χ0n) is 40.7. The Bertz CT molecular complexity index is 4160. The molecule has 3 aromatic heterocycles. The Labute approximate surface area is 434 Å². The number of hydrogen-bond donors (Lipinski definition) is 1. The maximum atomic E-state index is 7.60. The molecule has 0 unspecified atom stereocenters. The Kier molecular flexibility index (Phi) is 11.6. The van der Waals surface area contributed by atoms with E-state index in [4.69, 9.17) is 35.6 Å². The highest BCUT2D eigenvalue weighted by Gasteiger charge is 2.23. The largest absolute Gasteiger partial charge is 0.397 e. The van der Waals surface area contributed by atoms with Crippen molar-refractivity contribution in [1.82, 2.24) is 34.5 Å². The third-order valence-corrected chi connectivity index (χ3v) is 13.8. The monoisotopic (exact) mass is 962 g/mol. The van der Waals surface area contributed by atoms with Crippen LogP contribution in [0.3, 0.4) is 0 Å². The first-order chi connectivity index (χ1) is 37.1. The molecule has 0 radical (unpaired) electrons. The van der Waals surface area contributed by atoms with Crippen molar-refractivity contribution in [3.05, 3.63) is 266 Å². The summed E-state index contributed by atoms with van der Waals surface area (Å²) in [5.74, 6) is 3.42. The molecule has 10 aromatic carbocycles. The van der Waals surface area contributed by atoms with E-state index in [9.17, 15) is 0 Å². The molecule has 8 heteroatoms. The lowest BCUT2D eigenvalue weighted by molar-refractivity contribution is 0.954. The number of nitrogens with two attached hydrogens (primary N) is 1. The summed E-state index contributed by atoms with van der Waals surface area (Å²) in [5, 5.41) is 2.04. The molecule has 0 amide bonds. The Morgan fingerprint density at radius 2 is 0.707 bits per heavy atom. The third-order valence-electron chi connectivity index (χ3n) is 13.8. The molecule has 0 saturated heterocycles. The van der Waals surface area contributed by atoms with Crippen molar-refractivity contribution in [3.63, 3.8) is 0 Å². The maximum Gasteiger partial charge on any atom is 0.238 e. The van der Waals surface area contributed by atoms with Crippen LogP contribution in [0.1, 0.15) is 11.1 Å². The lowest BCUT2D eigenvalue weighted by Crippen LogP contribution is -2.08. The van der Waals surface area contributed by atoms with E-state index >= 15 is 0 Å². The molecule has 13 aromatic rings. The van der Waals surface area contributed by atoms with Crippen molar-refractivity contribution in [3.8, 4) is 96.3 Å². The van der Waals surface area contributed by atoms with E-state index in [0.717, 1.165) is 88.6 Å². The van der Waals surface area contributed by atoms with Gasteiger partial charge >= 0.3 is 0 Å². The predicted molar refractivity (Wildman–Crippen MR) is 305 cm³/mol. The number of fused-ring (bicyclic) bond motifs is 3. The van der Waals surface area contributed by atoms with Crippen LogP contribution >= 0.6 is 0 Å². The van der Waals surface area contributed by atoms with Crippen LogP contribution in [-0.2, 0) is 6.42 Å². The Morgan fingerprint density at radius 3 is 1.31 bits per heavy atom. The fourth-order valence-corrected chi connectivity index (χ4v) is 10.1. The number of para-hydroxylation sites is 1. The molecule has 8 nitrogen and oxygen atoms in total. The number of hydrogen-bond acceptors (Lipinski definition) is 7. The van der Waals surface area contributed by atoms with E-state index in [1.165, 1.54) is 5.56 Å². The van der Waals surface area contributed by atoms with Crippen LogP contribution in [0, 0.1) is 0 Å². The summed E-state index contributed by atoms with van der Waals surface area (Å²) >= 11 is 0. The van der Waals surface area contributed by atoms with E-state index < -0.39 is 0 Å². The molecule has 2 N–H and O–H groups in total. The van der Waals surface area contributed by atoms with Crippen LogP contribution in [0.2, 0.25) is 0 Å². The van der Waals surface area contributed by atoms with E-state index in [2.05, 4.69) is 150 Å². The van der Waals surface area contributed by atoms with E-state index in [1.807, 2.05) is 109 Å². The molecule has 3 heterocycles. The van der Waals surface area contributed by atoms with Gasteiger partial charge in [-0.15, -0.1) is 0 Å². The van der Waals surface area contributed by atoms with E-state index in [0.29, 0.717) is 47.2 Å². The molecule has 0 saturated carbocycles. The lowest BCUT2D eigenvalue weighted by atomic mass is 9.91.